The Kier molecular flexibility index (Phi) is 6.78. The molecule has 0 saturated carbocycles. The molecule has 0 aromatic heterocycles. The van der Waals surface area contributed by atoms with Crippen LogP contribution < -0.4 is 5.32 Å². The zero-order valence-electron chi connectivity index (χ0n) is 15.7. The second-order valence-electron chi connectivity index (χ2n) is 7.67. The van der Waals surface area contributed by atoms with Crippen LogP contribution in [0.2, 0.25) is 5.02 Å². The van der Waals surface area contributed by atoms with Gasteiger partial charge >= 0.3 is 0 Å². The van der Waals surface area contributed by atoms with Crippen molar-refractivity contribution >= 4 is 27.5 Å². The number of hydrogen-bond acceptors (Lipinski definition) is 4. The molecule has 3 rings (SSSR count). The molecular formula is C19H28ClN3O3S. The number of carbonyl (C=O) groups excluding carboxylic acids is 1. The summed E-state index contributed by atoms with van der Waals surface area (Å²) in [4.78, 5) is 14.9. The number of benzene rings is 1. The Balaban J connectivity index is 1.58. The Bertz CT molecular complexity index is 763. The summed E-state index contributed by atoms with van der Waals surface area (Å²) in [5.74, 6) is -0.364. The maximum Gasteiger partial charge on any atom is 0.224 e. The van der Waals surface area contributed by atoms with E-state index < -0.39 is 10.0 Å². The predicted octanol–water partition coefficient (Wildman–Crippen LogP) is 2.09. The van der Waals surface area contributed by atoms with Gasteiger partial charge in [0.2, 0.25) is 15.9 Å². The van der Waals surface area contributed by atoms with E-state index in [9.17, 15) is 13.2 Å². The van der Waals surface area contributed by atoms with Crippen LogP contribution in [-0.2, 0) is 20.6 Å². The normalized spacial score (nSPS) is 23.3. The number of rotatable bonds is 5. The molecule has 2 aliphatic heterocycles. The van der Waals surface area contributed by atoms with Crippen LogP contribution in [0.5, 0.6) is 0 Å². The van der Waals surface area contributed by atoms with E-state index in [4.69, 9.17) is 11.6 Å². The fourth-order valence-corrected chi connectivity index (χ4v) is 5.62. The van der Waals surface area contributed by atoms with Gasteiger partial charge < -0.3 is 10.2 Å². The molecule has 0 radical (unpaired) electrons. The lowest BCUT2D eigenvalue weighted by atomic mass is 9.97. The molecule has 2 saturated heterocycles. The van der Waals surface area contributed by atoms with E-state index in [2.05, 4.69) is 17.3 Å². The highest BCUT2D eigenvalue weighted by atomic mass is 35.5. The first-order chi connectivity index (χ1) is 12.8. The third-order valence-corrected chi connectivity index (χ3v) is 7.50. The number of hydrogen-bond donors (Lipinski definition) is 1. The number of sulfonamides is 1. The Morgan fingerprint density at radius 3 is 2.67 bits per heavy atom. The predicted molar refractivity (Wildman–Crippen MR) is 107 cm³/mol. The van der Waals surface area contributed by atoms with Crippen molar-refractivity contribution in [2.45, 2.75) is 37.5 Å². The zero-order valence-corrected chi connectivity index (χ0v) is 17.3. The standard InChI is InChI=1S/C19H28ClN3O3S/c1-22-10-7-18(8-11-22)21-19(24)16-5-3-9-23(13-16)27(25,26)14-15-4-2-6-17(20)12-15/h2,4,6,12,16,18H,3,5,7-11,13-14H2,1H3,(H,21,24)/t16-/m0/s1. The first-order valence-corrected chi connectivity index (χ1v) is 11.5. The maximum absolute atomic E-state index is 12.8. The van der Waals surface area contributed by atoms with Crippen LogP contribution in [0.15, 0.2) is 24.3 Å². The molecule has 0 spiro atoms. The van der Waals surface area contributed by atoms with Crippen molar-refractivity contribution in [3.05, 3.63) is 34.9 Å². The van der Waals surface area contributed by atoms with Crippen LogP contribution in [0, 0.1) is 5.92 Å². The number of halogens is 1. The second-order valence-corrected chi connectivity index (χ2v) is 10.1. The van der Waals surface area contributed by atoms with Gasteiger partial charge in [0.25, 0.3) is 0 Å². The van der Waals surface area contributed by atoms with E-state index in [0.717, 1.165) is 32.4 Å². The van der Waals surface area contributed by atoms with E-state index in [0.29, 0.717) is 23.6 Å². The highest BCUT2D eigenvalue weighted by Crippen LogP contribution is 2.23. The lowest BCUT2D eigenvalue weighted by molar-refractivity contribution is -0.127. The van der Waals surface area contributed by atoms with Crippen molar-refractivity contribution in [2.24, 2.45) is 5.92 Å². The molecule has 6 nitrogen and oxygen atoms in total. The minimum Gasteiger partial charge on any atom is -0.353 e. The smallest absolute Gasteiger partial charge is 0.224 e. The van der Waals surface area contributed by atoms with Crippen LogP contribution in [0.3, 0.4) is 0 Å². The van der Waals surface area contributed by atoms with Crippen LogP contribution in [-0.4, -0.2) is 62.8 Å². The minimum atomic E-state index is -3.47. The molecule has 0 bridgehead atoms. The van der Waals surface area contributed by atoms with E-state index in [1.807, 2.05) is 0 Å². The van der Waals surface area contributed by atoms with Gasteiger partial charge in [-0.2, -0.15) is 0 Å². The largest absolute Gasteiger partial charge is 0.353 e. The van der Waals surface area contributed by atoms with Gasteiger partial charge in [-0.05, 0) is 63.5 Å². The van der Waals surface area contributed by atoms with Crippen LogP contribution in [0.4, 0.5) is 0 Å². The molecule has 2 heterocycles. The van der Waals surface area contributed by atoms with E-state index >= 15 is 0 Å². The number of nitrogens with one attached hydrogen (secondary N) is 1. The highest BCUT2D eigenvalue weighted by molar-refractivity contribution is 7.88. The van der Waals surface area contributed by atoms with Crippen molar-refractivity contribution < 1.29 is 13.2 Å². The van der Waals surface area contributed by atoms with Crippen LogP contribution >= 0.6 is 11.6 Å². The average molecular weight is 414 g/mol. The fourth-order valence-electron chi connectivity index (χ4n) is 3.81. The molecule has 8 heteroatoms. The van der Waals surface area contributed by atoms with Crippen LogP contribution in [0.25, 0.3) is 0 Å². The molecular weight excluding hydrogens is 386 g/mol. The van der Waals surface area contributed by atoms with Crippen molar-refractivity contribution in [2.75, 3.05) is 33.2 Å². The van der Waals surface area contributed by atoms with Crippen molar-refractivity contribution in [3.63, 3.8) is 0 Å². The minimum absolute atomic E-state index is 0.00721. The first kappa shape index (κ1) is 20.6. The maximum atomic E-state index is 12.8. The average Bonchev–Trinajstić information content (AvgIpc) is 2.63. The number of piperidine rings is 2. The summed E-state index contributed by atoms with van der Waals surface area (Å²) in [5, 5.41) is 3.66. The fraction of sp³-hybridized carbons (Fsp3) is 0.632. The molecule has 0 unspecified atom stereocenters. The summed E-state index contributed by atoms with van der Waals surface area (Å²) < 4.78 is 27.1. The quantitative estimate of drug-likeness (QED) is 0.802. The van der Waals surface area contributed by atoms with Crippen molar-refractivity contribution in [1.29, 1.82) is 0 Å². The third-order valence-electron chi connectivity index (χ3n) is 5.45. The van der Waals surface area contributed by atoms with Gasteiger partial charge in [-0.25, -0.2) is 12.7 Å². The Labute approximate surface area is 166 Å². The van der Waals surface area contributed by atoms with Gasteiger partial charge in [-0.15, -0.1) is 0 Å². The molecule has 1 atom stereocenters. The summed E-state index contributed by atoms with van der Waals surface area (Å²) in [6, 6.07) is 7.11. The number of amides is 1. The van der Waals surface area contributed by atoms with Gasteiger partial charge in [-0.3, -0.25) is 4.79 Å². The second kappa shape index (κ2) is 8.90. The summed E-state index contributed by atoms with van der Waals surface area (Å²) >= 11 is 5.96. The lowest BCUT2D eigenvalue weighted by Crippen LogP contribution is -2.49. The Hall–Kier alpha value is -1.15. The Morgan fingerprint density at radius 1 is 1.22 bits per heavy atom. The summed E-state index contributed by atoms with van der Waals surface area (Å²) in [5.41, 5.74) is 0.667. The zero-order chi connectivity index (χ0) is 19.4. The van der Waals surface area contributed by atoms with Crippen LogP contribution in [0.1, 0.15) is 31.2 Å². The molecule has 1 aromatic carbocycles. The van der Waals surface area contributed by atoms with Gasteiger partial charge in [0, 0.05) is 24.2 Å². The monoisotopic (exact) mass is 413 g/mol. The van der Waals surface area contributed by atoms with E-state index in [1.165, 1.54) is 4.31 Å². The number of nitrogens with zero attached hydrogens (tertiary/aromatic N) is 2. The molecule has 1 amide bonds. The lowest BCUT2D eigenvalue weighted by Gasteiger charge is -2.34. The van der Waals surface area contributed by atoms with E-state index in [-0.39, 0.29) is 30.2 Å². The van der Waals surface area contributed by atoms with Gasteiger partial charge in [0.15, 0.2) is 0 Å². The molecule has 2 fully saturated rings. The number of carbonyl (C=O) groups is 1. The highest BCUT2D eigenvalue weighted by Gasteiger charge is 2.33. The molecule has 1 N–H and O–H groups in total. The SMILES string of the molecule is CN1CCC(NC(=O)[C@H]2CCCN(S(=O)(=O)Cc3cccc(Cl)c3)C2)CC1. The van der Waals surface area contributed by atoms with Crippen molar-refractivity contribution in [3.8, 4) is 0 Å². The van der Waals surface area contributed by atoms with Gasteiger partial charge in [0.05, 0.1) is 11.7 Å². The molecule has 0 aliphatic carbocycles. The molecule has 27 heavy (non-hydrogen) atoms. The van der Waals surface area contributed by atoms with Gasteiger partial charge in [-0.1, -0.05) is 23.7 Å². The summed E-state index contributed by atoms with van der Waals surface area (Å²) in [6.45, 7) is 2.70. The number of likely N-dealkylation sites (tertiary alicyclic amines) is 1. The topological polar surface area (TPSA) is 69.7 Å². The summed E-state index contributed by atoms with van der Waals surface area (Å²) in [7, 11) is -1.39. The first-order valence-electron chi connectivity index (χ1n) is 9.55. The molecule has 1 aromatic rings. The molecule has 2 aliphatic rings. The summed E-state index contributed by atoms with van der Waals surface area (Å²) in [6.07, 6.45) is 3.35. The van der Waals surface area contributed by atoms with Crippen molar-refractivity contribution in [1.82, 2.24) is 14.5 Å². The third kappa shape index (κ3) is 5.67. The van der Waals surface area contributed by atoms with Gasteiger partial charge in [0.1, 0.15) is 0 Å². The Morgan fingerprint density at radius 2 is 1.96 bits per heavy atom. The van der Waals surface area contributed by atoms with E-state index in [1.54, 1.807) is 24.3 Å². The molecule has 150 valence electrons.